The SMILES string of the molecule is CN1CCC(Cn2nnnc2SCC(=O)O)C1. The largest absolute Gasteiger partial charge is 0.481 e. The number of likely N-dealkylation sites (tertiary alicyclic amines) is 1. The van der Waals surface area contributed by atoms with Crippen molar-refractivity contribution >= 4 is 17.7 Å². The van der Waals surface area contributed by atoms with Crippen molar-refractivity contribution in [1.82, 2.24) is 25.1 Å². The van der Waals surface area contributed by atoms with Gasteiger partial charge >= 0.3 is 5.97 Å². The zero-order chi connectivity index (χ0) is 12.3. The first kappa shape index (κ1) is 12.3. The van der Waals surface area contributed by atoms with E-state index in [1.54, 1.807) is 4.68 Å². The van der Waals surface area contributed by atoms with Crippen LogP contribution in [0.5, 0.6) is 0 Å². The minimum atomic E-state index is -0.856. The van der Waals surface area contributed by atoms with Gasteiger partial charge in [-0.1, -0.05) is 11.8 Å². The zero-order valence-electron chi connectivity index (χ0n) is 9.61. The summed E-state index contributed by atoms with van der Waals surface area (Å²) < 4.78 is 1.71. The first-order valence-corrected chi connectivity index (χ1v) is 6.43. The molecule has 1 atom stereocenters. The Morgan fingerprint density at radius 2 is 2.47 bits per heavy atom. The van der Waals surface area contributed by atoms with Crippen LogP contribution < -0.4 is 0 Å². The van der Waals surface area contributed by atoms with E-state index in [-0.39, 0.29) is 5.75 Å². The Morgan fingerprint density at radius 1 is 1.65 bits per heavy atom. The van der Waals surface area contributed by atoms with Gasteiger partial charge in [-0.25, -0.2) is 4.68 Å². The molecule has 1 aromatic rings. The molecule has 2 heterocycles. The molecule has 1 N–H and O–H groups in total. The smallest absolute Gasteiger partial charge is 0.313 e. The van der Waals surface area contributed by atoms with Crippen LogP contribution in [0.1, 0.15) is 6.42 Å². The summed E-state index contributed by atoms with van der Waals surface area (Å²) in [5.41, 5.74) is 0. The molecule has 17 heavy (non-hydrogen) atoms. The van der Waals surface area contributed by atoms with Crippen LogP contribution in [0.3, 0.4) is 0 Å². The molecule has 7 nitrogen and oxygen atoms in total. The van der Waals surface area contributed by atoms with Gasteiger partial charge in [-0.15, -0.1) is 5.10 Å². The van der Waals surface area contributed by atoms with Crippen molar-refractivity contribution < 1.29 is 9.90 Å². The molecule has 2 rings (SSSR count). The molecule has 0 radical (unpaired) electrons. The lowest BCUT2D eigenvalue weighted by atomic mass is 10.1. The molecule has 0 aliphatic carbocycles. The number of carbonyl (C=O) groups is 1. The molecule has 1 unspecified atom stereocenters. The maximum Gasteiger partial charge on any atom is 0.313 e. The molecule has 0 bridgehead atoms. The molecule has 0 saturated carbocycles. The van der Waals surface area contributed by atoms with Gasteiger partial charge in [-0.3, -0.25) is 4.79 Å². The molecule has 0 spiro atoms. The third-order valence-electron chi connectivity index (χ3n) is 2.74. The number of hydrogen-bond donors (Lipinski definition) is 1. The average molecular weight is 257 g/mol. The molecule has 1 aromatic heterocycles. The van der Waals surface area contributed by atoms with Crippen molar-refractivity contribution in [2.45, 2.75) is 18.1 Å². The number of tetrazole rings is 1. The number of aromatic nitrogens is 4. The maximum atomic E-state index is 10.5. The monoisotopic (exact) mass is 257 g/mol. The zero-order valence-corrected chi connectivity index (χ0v) is 10.4. The predicted octanol–water partition coefficient (Wildman–Crippen LogP) is -0.199. The lowest BCUT2D eigenvalue weighted by Crippen LogP contribution is -2.18. The van der Waals surface area contributed by atoms with Gasteiger partial charge in [-0.2, -0.15) is 0 Å². The molecular weight excluding hydrogens is 242 g/mol. The Labute approximate surface area is 103 Å². The summed E-state index contributed by atoms with van der Waals surface area (Å²) in [5, 5.41) is 20.5. The van der Waals surface area contributed by atoms with Crippen LogP contribution in [0.25, 0.3) is 0 Å². The quantitative estimate of drug-likeness (QED) is 0.731. The summed E-state index contributed by atoms with van der Waals surface area (Å²) in [4.78, 5) is 12.8. The fourth-order valence-corrected chi connectivity index (χ4v) is 2.57. The Hall–Kier alpha value is -1.15. The average Bonchev–Trinajstić information content (AvgIpc) is 2.86. The summed E-state index contributed by atoms with van der Waals surface area (Å²) in [7, 11) is 2.10. The summed E-state index contributed by atoms with van der Waals surface area (Å²) in [6, 6.07) is 0. The third-order valence-corrected chi connectivity index (χ3v) is 3.69. The van der Waals surface area contributed by atoms with E-state index >= 15 is 0 Å². The summed E-state index contributed by atoms with van der Waals surface area (Å²) in [5.74, 6) is -0.317. The molecular formula is C9H15N5O2S. The van der Waals surface area contributed by atoms with E-state index in [0.717, 1.165) is 37.8 Å². The van der Waals surface area contributed by atoms with Gasteiger partial charge in [0.2, 0.25) is 5.16 Å². The number of carboxylic acid groups (broad SMARTS) is 1. The highest BCUT2D eigenvalue weighted by Gasteiger charge is 2.21. The molecule has 8 heteroatoms. The standard InChI is InChI=1S/C9H15N5O2S/c1-13-3-2-7(4-13)5-14-9(10-11-12-14)17-6-8(15)16/h7H,2-6H2,1H3,(H,15,16). The second-order valence-corrected chi connectivity index (χ2v) is 5.19. The number of rotatable bonds is 5. The fourth-order valence-electron chi connectivity index (χ4n) is 1.96. The minimum absolute atomic E-state index is 0.00899. The highest BCUT2D eigenvalue weighted by molar-refractivity contribution is 7.99. The topological polar surface area (TPSA) is 84.1 Å². The van der Waals surface area contributed by atoms with Crippen molar-refractivity contribution in [3.8, 4) is 0 Å². The number of hydrogen-bond acceptors (Lipinski definition) is 6. The summed E-state index contributed by atoms with van der Waals surface area (Å²) in [6.45, 7) is 2.91. The van der Waals surface area contributed by atoms with Crippen molar-refractivity contribution in [1.29, 1.82) is 0 Å². The first-order chi connectivity index (χ1) is 8.15. The van der Waals surface area contributed by atoms with Crippen LogP contribution in [0, 0.1) is 5.92 Å². The van der Waals surface area contributed by atoms with Crippen LogP contribution in [-0.4, -0.2) is 62.1 Å². The van der Waals surface area contributed by atoms with E-state index in [1.807, 2.05) is 0 Å². The van der Waals surface area contributed by atoms with Gasteiger partial charge < -0.3 is 10.0 Å². The summed E-state index contributed by atoms with van der Waals surface area (Å²) >= 11 is 1.16. The van der Waals surface area contributed by atoms with Gasteiger partial charge in [0.25, 0.3) is 0 Å². The molecule has 94 valence electrons. The minimum Gasteiger partial charge on any atom is -0.481 e. The van der Waals surface area contributed by atoms with Crippen molar-refractivity contribution in [2.24, 2.45) is 5.92 Å². The van der Waals surface area contributed by atoms with Gasteiger partial charge in [0.1, 0.15) is 0 Å². The van der Waals surface area contributed by atoms with E-state index in [0.29, 0.717) is 11.1 Å². The van der Waals surface area contributed by atoms with Crippen LogP contribution in [0.2, 0.25) is 0 Å². The highest BCUT2D eigenvalue weighted by Crippen LogP contribution is 2.19. The molecule has 0 aromatic carbocycles. The molecule has 1 aliphatic rings. The molecule has 1 fully saturated rings. The molecule has 1 saturated heterocycles. The van der Waals surface area contributed by atoms with Gasteiger partial charge in [-0.05, 0) is 36.4 Å². The van der Waals surface area contributed by atoms with Crippen LogP contribution >= 0.6 is 11.8 Å². The number of aliphatic carboxylic acids is 1. The maximum absolute atomic E-state index is 10.5. The Morgan fingerprint density at radius 3 is 3.12 bits per heavy atom. The van der Waals surface area contributed by atoms with Gasteiger partial charge in [0, 0.05) is 13.1 Å². The van der Waals surface area contributed by atoms with E-state index in [2.05, 4.69) is 27.5 Å². The predicted molar refractivity (Wildman–Crippen MR) is 61.8 cm³/mol. The number of thioether (sulfide) groups is 1. The van der Waals surface area contributed by atoms with Crippen LogP contribution in [-0.2, 0) is 11.3 Å². The lowest BCUT2D eigenvalue weighted by Gasteiger charge is -2.10. The van der Waals surface area contributed by atoms with Gasteiger partial charge in [0.05, 0.1) is 5.75 Å². The normalized spacial score (nSPS) is 20.9. The Kier molecular flexibility index (Phi) is 3.95. The lowest BCUT2D eigenvalue weighted by molar-refractivity contribution is -0.133. The second kappa shape index (κ2) is 5.46. The van der Waals surface area contributed by atoms with E-state index in [1.165, 1.54) is 0 Å². The van der Waals surface area contributed by atoms with Gasteiger partial charge in [0.15, 0.2) is 0 Å². The van der Waals surface area contributed by atoms with Crippen molar-refractivity contribution in [3.05, 3.63) is 0 Å². The Bertz CT molecular complexity index is 396. The fraction of sp³-hybridized carbons (Fsp3) is 0.778. The second-order valence-electron chi connectivity index (χ2n) is 4.24. The van der Waals surface area contributed by atoms with Crippen molar-refractivity contribution in [3.63, 3.8) is 0 Å². The van der Waals surface area contributed by atoms with Crippen LogP contribution in [0.4, 0.5) is 0 Å². The molecule has 1 aliphatic heterocycles. The van der Waals surface area contributed by atoms with E-state index < -0.39 is 5.97 Å². The highest BCUT2D eigenvalue weighted by atomic mass is 32.2. The molecule has 0 amide bonds. The third kappa shape index (κ3) is 3.40. The summed E-state index contributed by atoms with van der Waals surface area (Å²) in [6.07, 6.45) is 1.14. The Balaban J connectivity index is 1.92. The first-order valence-electron chi connectivity index (χ1n) is 5.44. The number of carboxylic acids is 1. The van der Waals surface area contributed by atoms with E-state index in [4.69, 9.17) is 5.11 Å². The van der Waals surface area contributed by atoms with Crippen molar-refractivity contribution in [2.75, 3.05) is 25.9 Å². The van der Waals surface area contributed by atoms with Crippen LogP contribution in [0.15, 0.2) is 5.16 Å². The number of nitrogens with zero attached hydrogens (tertiary/aromatic N) is 5. The van der Waals surface area contributed by atoms with E-state index in [9.17, 15) is 4.79 Å².